The van der Waals surface area contributed by atoms with E-state index in [1.165, 1.54) is 11.1 Å². The van der Waals surface area contributed by atoms with Crippen molar-refractivity contribution in [3.05, 3.63) is 52.2 Å². The maximum Gasteiger partial charge on any atom is 0.119 e. The molecule has 1 unspecified atom stereocenters. The number of hydrogen-bond acceptors (Lipinski definition) is 4. The molecule has 0 radical (unpaired) electrons. The van der Waals surface area contributed by atoms with Gasteiger partial charge in [-0.25, -0.2) is 0 Å². The molecule has 0 aliphatic rings. The summed E-state index contributed by atoms with van der Waals surface area (Å²) in [5.41, 5.74) is 8.55. The molecule has 1 heterocycles. The van der Waals surface area contributed by atoms with Gasteiger partial charge in [0, 0.05) is 19.1 Å². The lowest BCUT2D eigenvalue weighted by Crippen LogP contribution is -2.30. The van der Waals surface area contributed by atoms with E-state index in [0.29, 0.717) is 6.54 Å². The molecule has 2 rings (SSSR count). The largest absolute Gasteiger partial charge is 0.494 e. The fourth-order valence-electron chi connectivity index (χ4n) is 2.36. The van der Waals surface area contributed by atoms with Gasteiger partial charge in [0.1, 0.15) is 5.75 Å². The Balaban J connectivity index is 2.02. The molecule has 4 heteroatoms. The van der Waals surface area contributed by atoms with Crippen molar-refractivity contribution in [3.8, 4) is 5.75 Å². The van der Waals surface area contributed by atoms with E-state index in [9.17, 15) is 0 Å². The zero-order valence-electron chi connectivity index (χ0n) is 12.8. The Kier molecular flexibility index (Phi) is 6.23. The summed E-state index contributed by atoms with van der Waals surface area (Å²) in [5, 5.41) is 4.30. The summed E-state index contributed by atoms with van der Waals surface area (Å²) in [6.45, 7) is 4.39. The quantitative estimate of drug-likeness (QED) is 0.808. The van der Waals surface area contributed by atoms with Crippen LogP contribution in [0, 0.1) is 0 Å². The first-order valence-electron chi connectivity index (χ1n) is 7.38. The van der Waals surface area contributed by atoms with Crippen molar-refractivity contribution in [3.63, 3.8) is 0 Å². The lowest BCUT2D eigenvalue weighted by atomic mass is 10.1. The van der Waals surface area contributed by atoms with E-state index >= 15 is 0 Å². The molecule has 0 saturated heterocycles. The van der Waals surface area contributed by atoms with Gasteiger partial charge in [-0.2, -0.15) is 11.3 Å². The molecule has 0 bridgehead atoms. The number of nitrogens with zero attached hydrogens (tertiary/aromatic N) is 1. The van der Waals surface area contributed by atoms with E-state index in [2.05, 4.69) is 47.8 Å². The maximum absolute atomic E-state index is 5.98. The zero-order valence-corrected chi connectivity index (χ0v) is 13.6. The van der Waals surface area contributed by atoms with Crippen LogP contribution in [0.1, 0.15) is 30.5 Å². The van der Waals surface area contributed by atoms with E-state index in [1.807, 2.05) is 12.1 Å². The van der Waals surface area contributed by atoms with Gasteiger partial charge in [0.2, 0.25) is 0 Å². The third-order valence-corrected chi connectivity index (χ3v) is 4.24. The Hall–Kier alpha value is -1.36. The molecule has 21 heavy (non-hydrogen) atoms. The third-order valence-electron chi connectivity index (χ3n) is 3.51. The molecule has 0 aliphatic carbocycles. The smallest absolute Gasteiger partial charge is 0.119 e. The maximum atomic E-state index is 5.98. The molecule has 1 aromatic carbocycles. The van der Waals surface area contributed by atoms with Gasteiger partial charge >= 0.3 is 0 Å². The Labute approximate surface area is 131 Å². The van der Waals surface area contributed by atoms with Crippen LogP contribution in [0.4, 0.5) is 0 Å². The molecule has 1 aromatic heterocycles. The number of nitrogens with two attached hydrogens (primary N) is 1. The molecule has 0 saturated carbocycles. The highest BCUT2D eigenvalue weighted by molar-refractivity contribution is 7.07. The van der Waals surface area contributed by atoms with Gasteiger partial charge in [0.15, 0.2) is 0 Å². The van der Waals surface area contributed by atoms with Gasteiger partial charge in [0.25, 0.3) is 0 Å². The van der Waals surface area contributed by atoms with Crippen molar-refractivity contribution in [2.45, 2.75) is 25.9 Å². The number of thiophene rings is 1. The van der Waals surface area contributed by atoms with Crippen LogP contribution in [0.2, 0.25) is 0 Å². The summed E-state index contributed by atoms with van der Waals surface area (Å²) in [4.78, 5) is 2.30. The van der Waals surface area contributed by atoms with Crippen molar-refractivity contribution < 1.29 is 4.74 Å². The van der Waals surface area contributed by atoms with Crippen LogP contribution in [-0.2, 0) is 6.54 Å². The second kappa shape index (κ2) is 8.17. The summed E-state index contributed by atoms with van der Waals surface area (Å²) in [7, 11) is 2.12. The fourth-order valence-corrected chi connectivity index (χ4v) is 3.02. The average Bonchev–Trinajstić information content (AvgIpc) is 3.00. The highest BCUT2D eigenvalue weighted by atomic mass is 32.1. The number of likely N-dealkylation sites (N-methyl/N-ethyl adjacent to an activating group) is 1. The first kappa shape index (κ1) is 16.0. The Morgan fingerprint density at radius 1 is 1.24 bits per heavy atom. The van der Waals surface area contributed by atoms with Gasteiger partial charge < -0.3 is 10.5 Å². The highest BCUT2D eigenvalue weighted by Gasteiger charge is 2.15. The fraction of sp³-hybridized carbons (Fsp3) is 0.412. The van der Waals surface area contributed by atoms with Gasteiger partial charge in [0.05, 0.1) is 6.61 Å². The number of hydrogen-bond donors (Lipinski definition) is 1. The Morgan fingerprint density at radius 2 is 2.00 bits per heavy atom. The molecule has 0 spiro atoms. The van der Waals surface area contributed by atoms with Crippen molar-refractivity contribution in [1.82, 2.24) is 4.90 Å². The second-order valence-electron chi connectivity index (χ2n) is 5.22. The molecular formula is C17H24N2OS. The minimum absolute atomic E-state index is 0.227. The lowest BCUT2D eigenvalue weighted by molar-refractivity contribution is 0.242. The molecular weight excluding hydrogens is 280 g/mol. The topological polar surface area (TPSA) is 38.5 Å². The van der Waals surface area contributed by atoms with Gasteiger partial charge in [-0.15, -0.1) is 0 Å². The van der Waals surface area contributed by atoms with Crippen molar-refractivity contribution in [2.24, 2.45) is 5.73 Å². The minimum Gasteiger partial charge on any atom is -0.494 e. The highest BCUT2D eigenvalue weighted by Crippen LogP contribution is 2.23. The minimum atomic E-state index is 0.227. The molecule has 0 amide bonds. The first-order valence-corrected chi connectivity index (χ1v) is 8.33. The van der Waals surface area contributed by atoms with Crippen molar-refractivity contribution >= 4 is 11.3 Å². The van der Waals surface area contributed by atoms with Crippen LogP contribution >= 0.6 is 11.3 Å². The molecule has 0 fully saturated rings. The third kappa shape index (κ3) is 4.56. The summed E-state index contributed by atoms with van der Waals surface area (Å²) in [6, 6.07) is 10.7. The molecule has 2 N–H and O–H groups in total. The summed E-state index contributed by atoms with van der Waals surface area (Å²) in [6.07, 6.45) is 1.02. The zero-order chi connectivity index (χ0) is 15.1. The predicted octanol–water partition coefficient (Wildman–Crippen LogP) is 3.67. The molecule has 2 aromatic rings. The lowest BCUT2D eigenvalue weighted by Gasteiger charge is -2.27. The van der Waals surface area contributed by atoms with Crippen LogP contribution in [0.5, 0.6) is 5.75 Å². The Bertz CT molecular complexity index is 510. The van der Waals surface area contributed by atoms with Crippen LogP contribution < -0.4 is 10.5 Å². The van der Waals surface area contributed by atoms with Crippen molar-refractivity contribution in [1.29, 1.82) is 0 Å². The predicted molar refractivity (Wildman–Crippen MR) is 89.8 cm³/mol. The Morgan fingerprint density at radius 3 is 2.57 bits per heavy atom. The van der Waals surface area contributed by atoms with Crippen LogP contribution in [-0.4, -0.2) is 25.1 Å². The standard InChI is InChI=1S/C17H24N2OS/c1-3-9-20-16-6-4-15(5-7-16)17(11-18)19(2)12-14-8-10-21-13-14/h4-8,10,13,17H,3,9,11-12,18H2,1-2H3. The summed E-state index contributed by atoms with van der Waals surface area (Å²) in [5.74, 6) is 0.928. The van der Waals surface area contributed by atoms with E-state index in [1.54, 1.807) is 11.3 Å². The number of rotatable bonds is 8. The normalized spacial score (nSPS) is 12.6. The molecule has 3 nitrogen and oxygen atoms in total. The summed E-state index contributed by atoms with van der Waals surface area (Å²) >= 11 is 1.73. The van der Waals surface area contributed by atoms with Gasteiger partial charge in [-0.1, -0.05) is 19.1 Å². The monoisotopic (exact) mass is 304 g/mol. The van der Waals surface area contributed by atoms with E-state index < -0.39 is 0 Å². The number of ether oxygens (including phenoxy) is 1. The van der Waals surface area contributed by atoms with Crippen LogP contribution in [0.3, 0.4) is 0 Å². The van der Waals surface area contributed by atoms with Gasteiger partial charge in [-0.3, -0.25) is 4.90 Å². The van der Waals surface area contributed by atoms with E-state index in [4.69, 9.17) is 10.5 Å². The van der Waals surface area contributed by atoms with E-state index in [0.717, 1.165) is 25.3 Å². The van der Waals surface area contributed by atoms with E-state index in [-0.39, 0.29) is 6.04 Å². The molecule has 1 atom stereocenters. The van der Waals surface area contributed by atoms with Gasteiger partial charge in [-0.05, 0) is 53.6 Å². The second-order valence-corrected chi connectivity index (χ2v) is 6.00. The number of benzene rings is 1. The average molecular weight is 304 g/mol. The SMILES string of the molecule is CCCOc1ccc(C(CN)N(C)Cc2ccsc2)cc1. The first-order chi connectivity index (χ1) is 10.2. The van der Waals surface area contributed by atoms with Crippen LogP contribution in [0.25, 0.3) is 0 Å². The molecule has 114 valence electrons. The van der Waals surface area contributed by atoms with Crippen molar-refractivity contribution in [2.75, 3.05) is 20.2 Å². The van der Waals surface area contributed by atoms with Crippen LogP contribution in [0.15, 0.2) is 41.1 Å². The molecule has 0 aliphatic heterocycles. The summed E-state index contributed by atoms with van der Waals surface area (Å²) < 4.78 is 5.63.